The Hall–Kier alpha value is -2.00. The number of piperidine rings is 1. The molecule has 7 nitrogen and oxygen atoms in total. The summed E-state index contributed by atoms with van der Waals surface area (Å²) in [6.07, 6.45) is 0.728. The number of sulfonamides is 1. The molecule has 0 radical (unpaired) electrons. The van der Waals surface area contributed by atoms with Crippen molar-refractivity contribution in [3.63, 3.8) is 0 Å². The van der Waals surface area contributed by atoms with Gasteiger partial charge < -0.3 is 10.1 Å². The number of benzene rings is 1. The van der Waals surface area contributed by atoms with Crippen LogP contribution in [0.5, 0.6) is 0 Å². The van der Waals surface area contributed by atoms with Crippen molar-refractivity contribution in [3.05, 3.63) is 29.6 Å². The van der Waals surface area contributed by atoms with E-state index in [0.717, 1.165) is 0 Å². The first-order valence-electron chi connectivity index (χ1n) is 8.43. The van der Waals surface area contributed by atoms with Gasteiger partial charge in [0.2, 0.25) is 10.0 Å². The van der Waals surface area contributed by atoms with E-state index in [4.69, 9.17) is 4.74 Å². The van der Waals surface area contributed by atoms with Gasteiger partial charge in [0.15, 0.2) is 6.61 Å². The van der Waals surface area contributed by atoms with Gasteiger partial charge in [0.1, 0.15) is 5.82 Å². The Kier molecular flexibility index (Phi) is 6.71. The van der Waals surface area contributed by atoms with Crippen LogP contribution in [0, 0.1) is 18.7 Å². The maximum absolute atomic E-state index is 13.4. The van der Waals surface area contributed by atoms with Crippen LogP contribution in [0.1, 0.15) is 25.3 Å². The van der Waals surface area contributed by atoms with E-state index < -0.39 is 40.2 Å². The van der Waals surface area contributed by atoms with E-state index >= 15 is 0 Å². The molecule has 1 aromatic carbocycles. The van der Waals surface area contributed by atoms with Gasteiger partial charge >= 0.3 is 5.97 Å². The second-order valence-electron chi connectivity index (χ2n) is 6.19. The standard InChI is InChI=1S/C17H23FN2O5S/c1-3-26(23,24)20-8-6-13(7-9-20)17(22)25-11-16(21)19-14-5-4-12(2)15(18)10-14/h4-5,10,13H,3,6-9,11H2,1-2H3,(H,19,21). The van der Waals surface area contributed by atoms with Crippen LogP contribution in [-0.2, 0) is 24.3 Å². The third-order valence-electron chi connectivity index (χ3n) is 4.35. The van der Waals surface area contributed by atoms with E-state index in [0.29, 0.717) is 18.4 Å². The Balaban J connectivity index is 1.78. The fourth-order valence-corrected chi connectivity index (χ4v) is 3.81. The maximum atomic E-state index is 13.4. The molecule has 0 saturated carbocycles. The highest BCUT2D eigenvalue weighted by atomic mass is 32.2. The number of carbonyl (C=O) groups excluding carboxylic acids is 2. The van der Waals surface area contributed by atoms with Crippen molar-refractivity contribution in [2.45, 2.75) is 26.7 Å². The van der Waals surface area contributed by atoms with Crippen LogP contribution in [0.2, 0.25) is 0 Å². The molecule has 1 fully saturated rings. The van der Waals surface area contributed by atoms with Crippen molar-refractivity contribution in [1.82, 2.24) is 4.31 Å². The van der Waals surface area contributed by atoms with Gasteiger partial charge in [-0.25, -0.2) is 17.1 Å². The Morgan fingerprint density at radius 2 is 1.96 bits per heavy atom. The van der Waals surface area contributed by atoms with Gasteiger partial charge in [0.25, 0.3) is 5.91 Å². The van der Waals surface area contributed by atoms with Crippen molar-refractivity contribution in [2.24, 2.45) is 5.92 Å². The lowest BCUT2D eigenvalue weighted by Crippen LogP contribution is -2.41. The second-order valence-corrected chi connectivity index (χ2v) is 8.45. The van der Waals surface area contributed by atoms with E-state index in [1.807, 2.05) is 0 Å². The molecule has 9 heteroatoms. The van der Waals surface area contributed by atoms with Crippen LogP contribution in [0.4, 0.5) is 10.1 Å². The fraction of sp³-hybridized carbons (Fsp3) is 0.529. The number of esters is 1. The number of carbonyl (C=O) groups is 2. The molecule has 1 aliphatic rings. The lowest BCUT2D eigenvalue weighted by atomic mass is 9.98. The second kappa shape index (κ2) is 8.59. The van der Waals surface area contributed by atoms with Gasteiger partial charge in [-0.3, -0.25) is 9.59 Å². The third kappa shape index (κ3) is 5.25. The van der Waals surface area contributed by atoms with Crippen LogP contribution in [-0.4, -0.2) is 50.0 Å². The zero-order valence-electron chi connectivity index (χ0n) is 14.8. The van der Waals surface area contributed by atoms with Gasteiger partial charge in [-0.1, -0.05) is 6.07 Å². The molecule has 0 aliphatic carbocycles. The molecule has 0 aromatic heterocycles. The van der Waals surface area contributed by atoms with Crippen LogP contribution < -0.4 is 5.32 Å². The predicted molar refractivity (Wildman–Crippen MR) is 94.5 cm³/mol. The number of hydrogen-bond acceptors (Lipinski definition) is 5. The first-order chi connectivity index (χ1) is 12.2. The Labute approximate surface area is 152 Å². The number of anilines is 1. The number of ether oxygens (including phenoxy) is 1. The zero-order chi connectivity index (χ0) is 19.3. The molecule has 26 heavy (non-hydrogen) atoms. The summed E-state index contributed by atoms with van der Waals surface area (Å²) in [5, 5.41) is 2.46. The summed E-state index contributed by atoms with van der Waals surface area (Å²) in [6, 6.07) is 4.29. The minimum Gasteiger partial charge on any atom is -0.455 e. The van der Waals surface area contributed by atoms with Crippen LogP contribution in [0.3, 0.4) is 0 Å². The molecular formula is C17H23FN2O5S. The van der Waals surface area contributed by atoms with Crippen molar-refractivity contribution in [2.75, 3.05) is 30.8 Å². The van der Waals surface area contributed by atoms with E-state index in [-0.39, 0.29) is 24.5 Å². The van der Waals surface area contributed by atoms with Gasteiger partial charge in [0, 0.05) is 18.8 Å². The Morgan fingerprint density at radius 3 is 2.54 bits per heavy atom. The quantitative estimate of drug-likeness (QED) is 0.751. The van der Waals surface area contributed by atoms with Crippen LogP contribution >= 0.6 is 0 Å². The maximum Gasteiger partial charge on any atom is 0.309 e. The third-order valence-corrected chi connectivity index (χ3v) is 6.23. The summed E-state index contributed by atoms with van der Waals surface area (Å²) < 4.78 is 43.4. The van der Waals surface area contributed by atoms with E-state index in [9.17, 15) is 22.4 Å². The summed E-state index contributed by atoms with van der Waals surface area (Å²) >= 11 is 0. The summed E-state index contributed by atoms with van der Waals surface area (Å²) in [7, 11) is -3.25. The Morgan fingerprint density at radius 1 is 1.31 bits per heavy atom. The molecule has 1 heterocycles. The average molecular weight is 386 g/mol. The number of halogens is 1. The number of amides is 1. The number of aryl methyl sites for hydroxylation is 1. The van der Waals surface area contributed by atoms with Crippen molar-refractivity contribution in [1.29, 1.82) is 0 Å². The highest BCUT2D eigenvalue weighted by molar-refractivity contribution is 7.89. The molecule has 2 rings (SSSR count). The molecule has 1 N–H and O–H groups in total. The van der Waals surface area contributed by atoms with Gasteiger partial charge in [0.05, 0.1) is 11.7 Å². The number of nitrogens with one attached hydrogen (secondary N) is 1. The first kappa shape index (κ1) is 20.3. The monoisotopic (exact) mass is 386 g/mol. The van der Waals surface area contributed by atoms with Crippen molar-refractivity contribution < 1.29 is 27.1 Å². The summed E-state index contributed by atoms with van der Waals surface area (Å²) in [5.74, 6) is -1.92. The SMILES string of the molecule is CCS(=O)(=O)N1CCC(C(=O)OCC(=O)Nc2ccc(C)c(F)c2)CC1. The lowest BCUT2D eigenvalue weighted by Gasteiger charge is -2.29. The predicted octanol–water partition coefficient (Wildman–Crippen LogP) is 1.68. The molecule has 0 bridgehead atoms. The number of rotatable bonds is 6. The van der Waals surface area contributed by atoms with E-state index in [2.05, 4.69) is 5.32 Å². The fourth-order valence-electron chi connectivity index (χ4n) is 2.67. The minimum absolute atomic E-state index is 0.0297. The molecule has 0 spiro atoms. The normalized spacial score (nSPS) is 16.3. The van der Waals surface area contributed by atoms with Crippen LogP contribution in [0.25, 0.3) is 0 Å². The molecule has 0 unspecified atom stereocenters. The van der Waals surface area contributed by atoms with Crippen LogP contribution in [0.15, 0.2) is 18.2 Å². The molecule has 144 valence electrons. The number of nitrogens with zero attached hydrogens (tertiary/aromatic N) is 1. The smallest absolute Gasteiger partial charge is 0.309 e. The minimum atomic E-state index is -3.25. The molecule has 1 aliphatic heterocycles. The highest BCUT2D eigenvalue weighted by Gasteiger charge is 2.31. The Bertz CT molecular complexity index is 773. The average Bonchev–Trinajstić information content (AvgIpc) is 2.63. The van der Waals surface area contributed by atoms with Gasteiger partial charge in [-0.2, -0.15) is 0 Å². The molecule has 1 aromatic rings. The lowest BCUT2D eigenvalue weighted by molar-refractivity contribution is -0.152. The number of hydrogen-bond donors (Lipinski definition) is 1. The van der Waals surface area contributed by atoms with E-state index in [1.165, 1.54) is 16.4 Å². The largest absolute Gasteiger partial charge is 0.455 e. The van der Waals surface area contributed by atoms with Crippen molar-refractivity contribution in [3.8, 4) is 0 Å². The van der Waals surface area contributed by atoms with Gasteiger partial charge in [-0.05, 0) is 44.4 Å². The summed E-state index contributed by atoms with van der Waals surface area (Å²) in [6.45, 7) is 3.26. The zero-order valence-corrected chi connectivity index (χ0v) is 15.6. The molecule has 1 amide bonds. The highest BCUT2D eigenvalue weighted by Crippen LogP contribution is 2.21. The topological polar surface area (TPSA) is 92.8 Å². The molecule has 1 saturated heterocycles. The van der Waals surface area contributed by atoms with Crippen molar-refractivity contribution >= 4 is 27.6 Å². The molecule has 0 atom stereocenters. The summed E-state index contributed by atoms with van der Waals surface area (Å²) in [4.78, 5) is 23.9. The van der Waals surface area contributed by atoms with Gasteiger partial charge in [-0.15, -0.1) is 0 Å². The summed E-state index contributed by atoms with van der Waals surface area (Å²) in [5.41, 5.74) is 0.748. The first-order valence-corrected chi connectivity index (χ1v) is 10.0. The van der Waals surface area contributed by atoms with E-state index in [1.54, 1.807) is 19.9 Å². The molecular weight excluding hydrogens is 363 g/mol.